The molecule has 29 heavy (non-hydrogen) atoms. The first kappa shape index (κ1) is 19.4. The molecule has 0 N–H and O–H groups in total. The molecule has 0 fully saturated rings. The molecule has 0 aromatic heterocycles. The number of sulfonamides is 1. The number of carbonyl (C=O) groups is 1. The number of rotatable bonds is 3. The van der Waals surface area contributed by atoms with E-state index < -0.39 is 21.9 Å². The van der Waals surface area contributed by atoms with E-state index in [4.69, 9.17) is 11.6 Å². The van der Waals surface area contributed by atoms with Gasteiger partial charge in [-0.25, -0.2) is 17.6 Å². The highest BCUT2D eigenvalue weighted by atomic mass is 35.5. The van der Waals surface area contributed by atoms with Gasteiger partial charge >= 0.3 is 6.03 Å². The van der Waals surface area contributed by atoms with E-state index in [0.29, 0.717) is 11.1 Å². The first-order valence-corrected chi connectivity index (χ1v) is 10.6. The number of benzene rings is 3. The summed E-state index contributed by atoms with van der Waals surface area (Å²) in [7, 11) is -4.10. The molecule has 8 heteroatoms. The number of anilines is 2. The maximum Gasteiger partial charge on any atom is 0.343 e. The number of urea groups is 1. The van der Waals surface area contributed by atoms with E-state index in [-0.39, 0.29) is 27.8 Å². The van der Waals surface area contributed by atoms with Gasteiger partial charge in [0.1, 0.15) is 10.7 Å². The minimum Gasteiger partial charge on any atom is -0.287 e. The third-order valence-electron chi connectivity index (χ3n) is 4.76. The number of aryl methyl sites for hydroxylation is 1. The minimum absolute atomic E-state index is 0.00708. The molecular weight excluding hydrogens is 415 g/mol. The highest BCUT2D eigenvalue weighted by Crippen LogP contribution is 2.39. The van der Waals surface area contributed by atoms with Gasteiger partial charge in [0.15, 0.2) is 0 Å². The first-order valence-electron chi connectivity index (χ1n) is 8.76. The molecule has 0 aliphatic carbocycles. The van der Waals surface area contributed by atoms with Crippen molar-refractivity contribution in [2.45, 2.75) is 18.4 Å². The molecule has 148 valence electrons. The fourth-order valence-corrected chi connectivity index (χ4v) is 5.19. The van der Waals surface area contributed by atoms with Gasteiger partial charge in [0.2, 0.25) is 0 Å². The molecule has 5 nitrogen and oxygen atoms in total. The Morgan fingerprint density at radius 2 is 1.62 bits per heavy atom. The van der Waals surface area contributed by atoms with Gasteiger partial charge < -0.3 is 0 Å². The maximum absolute atomic E-state index is 13.4. The normalized spacial score (nSPS) is 15.3. The molecule has 0 unspecified atom stereocenters. The Bertz CT molecular complexity index is 1230. The summed E-state index contributed by atoms with van der Waals surface area (Å²) < 4.78 is 40.8. The number of hydrogen-bond acceptors (Lipinski definition) is 3. The standard InChI is InChI=1S/C21H16ClFN2O3S/c1-14-6-2-3-7-18(14)25-21(26)24(13-15-10-11-16(23)12-17(15)22)19-8-4-5-9-20(19)29(25,27)28/h2-12H,13H2,1H3. The van der Waals surface area contributed by atoms with Crippen LogP contribution in [0, 0.1) is 12.7 Å². The summed E-state index contributed by atoms with van der Waals surface area (Å²) in [5, 5.41) is 0.158. The van der Waals surface area contributed by atoms with E-state index in [1.54, 1.807) is 49.4 Å². The number of para-hydroxylation sites is 2. The molecule has 3 aromatic rings. The highest BCUT2D eigenvalue weighted by molar-refractivity contribution is 7.94. The predicted octanol–water partition coefficient (Wildman–Crippen LogP) is 5.12. The summed E-state index contributed by atoms with van der Waals surface area (Å²) in [6.07, 6.45) is 0. The molecule has 4 rings (SSSR count). The quantitative estimate of drug-likeness (QED) is 0.579. The first-order chi connectivity index (χ1) is 13.8. The minimum atomic E-state index is -4.10. The fourth-order valence-electron chi connectivity index (χ4n) is 3.31. The lowest BCUT2D eigenvalue weighted by Crippen LogP contribution is -2.51. The number of nitrogens with zero attached hydrogens (tertiary/aromatic N) is 2. The monoisotopic (exact) mass is 430 g/mol. The fraction of sp³-hybridized carbons (Fsp3) is 0.0952. The van der Waals surface area contributed by atoms with Crippen molar-refractivity contribution in [3.8, 4) is 0 Å². The van der Waals surface area contributed by atoms with Gasteiger partial charge in [0.05, 0.1) is 17.9 Å². The van der Waals surface area contributed by atoms with Gasteiger partial charge in [0.25, 0.3) is 10.0 Å². The molecule has 0 saturated carbocycles. The van der Waals surface area contributed by atoms with Crippen LogP contribution in [-0.2, 0) is 16.6 Å². The van der Waals surface area contributed by atoms with Crippen molar-refractivity contribution >= 4 is 39.0 Å². The number of fused-ring (bicyclic) bond motifs is 1. The Kier molecular flexibility index (Phi) is 4.80. The van der Waals surface area contributed by atoms with E-state index in [2.05, 4.69) is 0 Å². The lowest BCUT2D eigenvalue weighted by atomic mass is 10.2. The second kappa shape index (κ2) is 7.17. The maximum atomic E-state index is 13.4. The summed E-state index contributed by atoms with van der Waals surface area (Å²) in [4.78, 5) is 14.7. The van der Waals surface area contributed by atoms with Gasteiger partial charge in [-0.15, -0.1) is 0 Å². The van der Waals surface area contributed by atoms with E-state index in [9.17, 15) is 17.6 Å². The van der Waals surface area contributed by atoms with Crippen LogP contribution in [-0.4, -0.2) is 14.4 Å². The molecule has 1 aliphatic rings. The average Bonchev–Trinajstić information content (AvgIpc) is 2.68. The van der Waals surface area contributed by atoms with Gasteiger partial charge in [-0.05, 0) is 48.4 Å². The Morgan fingerprint density at radius 3 is 2.31 bits per heavy atom. The molecule has 0 bridgehead atoms. The van der Waals surface area contributed by atoms with Crippen molar-refractivity contribution in [1.82, 2.24) is 0 Å². The second-order valence-corrected chi connectivity index (χ2v) is 8.79. The molecule has 1 heterocycles. The highest BCUT2D eigenvalue weighted by Gasteiger charge is 2.42. The zero-order chi connectivity index (χ0) is 20.8. The summed E-state index contributed by atoms with van der Waals surface area (Å²) in [6, 6.07) is 16.2. The van der Waals surface area contributed by atoms with Crippen molar-refractivity contribution in [1.29, 1.82) is 0 Å². The van der Waals surface area contributed by atoms with Crippen LogP contribution in [0.3, 0.4) is 0 Å². The predicted molar refractivity (Wildman–Crippen MR) is 110 cm³/mol. The van der Waals surface area contributed by atoms with Crippen molar-refractivity contribution in [3.05, 3.63) is 88.7 Å². The third-order valence-corrected chi connectivity index (χ3v) is 6.84. The summed E-state index contributed by atoms with van der Waals surface area (Å²) in [6.45, 7) is 1.73. The van der Waals surface area contributed by atoms with Crippen LogP contribution < -0.4 is 9.21 Å². The largest absolute Gasteiger partial charge is 0.343 e. The molecule has 0 spiro atoms. The third kappa shape index (κ3) is 3.26. The second-order valence-electron chi connectivity index (χ2n) is 6.63. The lowest BCUT2D eigenvalue weighted by Gasteiger charge is -2.36. The lowest BCUT2D eigenvalue weighted by molar-refractivity contribution is 0.253. The molecular formula is C21H16ClFN2O3S. The average molecular weight is 431 g/mol. The van der Waals surface area contributed by atoms with E-state index >= 15 is 0 Å². The summed E-state index contributed by atoms with van der Waals surface area (Å²) >= 11 is 6.15. The molecule has 1 aliphatic heterocycles. The Labute approximate surface area is 173 Å². The van der Waals surface area contributed by atoms with E-state index in [1.165, 1.54) is 23.1 Å². The van der Waals surface area contributed by atoms with Crippen molar-refractivity contribution < 1.29 is 17.6 Å². The summed E-state index contributed by atoms with van der Waals surface area (Å²) in [5.74, 6) is -0.492. The Balaban J connectivity index is 1.89. The van der Waals surface area contributed by atoms with Crippen LogP contribution >= 0.6 is 11.6 Å². The van der Waals surface area contributed by atoms with Crippen LogP contribution in [0.25, 0.3) is 0 Å². The van der Waals surface area contributed by atoms with Crippen LogP contribution in [0.15, 0.2) is 71.6 Å². The number of carbonyl (C=O) groups excluding carboxylic acids is 1. The van der Waals surface area contributed by atoms with Gasteiger partial charge in [-0.2, -0.15) is 4.31 Å². The SMILES string of the molecule is Cc1ccccc1N1C(=O)N(Cc2ccc(F)cc2Cl)c2ccccc2S1(=O)=O. The summed E-state index contributed by atoms with van der Waals surface area (Å²) in [5.41, 5.74) is 1.67. The van der Waals surface area contributed by atoms with E-state index in [0.717, 1.165) is 10.4 Å². The Morgan fingerprint density at radius 1 is 0.966 bits per heavy atom. The topological polar surface area (TPSA) is 57.7 Å². The van der Waals surface area contributed by atoms with Gasteiger partial charge in [-0.1, -0.05) is 48.0 Å². The number of amides is 2. The smallest absolute Gasteiger partial charge is 0.287 e. The Hall–Kier alpha value is -2.90. The van der Waals surface area contributed by atoms with Gasteiger partial charge in [0, 0.05) is 5.02 Å². The zero-order valence-electron chi connectivity index (χ0n) is 15.3. The van der Waals surface area contributed by atoms with E-state index in [1.807, 2.05) is 0 Å². The molecule has 2 amide bonds. The zero-order valence-corrected chi connectivity index (χ0v) is 16.9. The molecule has 0 atom stereocenters. The van der Waals surface area contributed by atoms with Crippen LogP contribution in [0.5, 0.6) is 0 Å². The van der Waals surface area contributed by atoms with Crippen LogP contribution in [0.2, 0.25) is 5.02 Å². The van der Waals surface area contributed by atoms with Crippen molar-refractivity contribution in [2.75, 3.05) is 9.21 Å². The van der Waals surface area contributed by atoms with Crippen LogP contribution in [0.4, 0.5) is 20.6 Å². The van der Waals surface area contributed by atoms with Crippen LogP contribution in [0.1, 0.15) is 11.1 Å². The molecule has 3 aromatic carbocycles. The number of hydrogen-bond donors (Lipinski definition) is 0. The van der Waals surface area contributed by atoms with Crippen molar-refractivity contribution in [2.24, 2.45) is 0 Å². The van der Waals surface area contributed by atoms with Crippen molar-refractivity contribution in [3.63, 3.8) is 0 Å². The molecule has 0 saturated heterocycles. The molecule has 0 radical (unpaired) electrons. The number of halogens is 2. The van der Waals surface area contributed by atoms with Gasteiger partial charge in [-0.3, -0.25) is 4.90 Å².